The quantitative estimate of drug-likeness (QED) is 0.368. The number of carbonyl (C=O) groups excluding carboxylic acids is 2. The molecule has 2 amide bonds. The fourth-order valence-corrected chi connectivity index (χ4v) is 3.62. The Kier molecular flexibility index (Phi) is 6.46. The van der Waals surface area contributed by atoms with E-state index in [1.165, 1.54) is 0 Å². The van der Waals surface area contributed by atoms with Crippen LogP contribution in [0, 0.1) is 29.2 Å². The summed E-state index contributed by atoms with van der Waals surface area (Å²) >= 11 is 1.11. The molecule has 1 aliphatic carbocycles. The van der Waals surface area contributed by atoms with Gasteiger partial charge in [-0.1, -0.05) is 13.0 Å². The maximum atomic E-state index is 13.8. The number of benzene rings is 2. The minimum atomic E-state index is -1.66. The fraction of sp³-hybridized carbons (Fsp3) is 0.300. The lowest BCUT2D eigenvalue weighted by Gasteiger charge is -2.16. The molecule has 2 N–H and O–H groups in total. The first-order chi connectivity index (χ1) is 13.8. The van der Waals surface area contributed by atoms with E-state index in [2.05, 4.69) is 5.32 Å². The Balaban J connectivity index is 1.72. The third-order valence-electron chi connectivity index (χ3n) is 4.35. The number of amides is 2. The molecule has 29 heavy (non-hydrogen) atoms. The number of hydrogen-bond donors (Lipinski definition) is 2. The van der Waals surface area contributed by atoms with Crippen LogP contribution in [0.15, 0.2) is 35.2 Å². The number of hydrogen-bond acceptors (Lipinski definition) is 3. The van der Waals surface area contributed by atoms with Crippen molar-refractivity contribution in [2.75, 3.05) is 10.6 Å². The molecule has 2 aromatic rings. The van der Waals surface area contributed by atoms with E-state index in [4.69, 9.17) is 0 Å². The lowest BCUT2D eigenvalue weighted by atomic mass is 10.2. The molecule has 1 atom stereocenters. The summed E-state index contributed by atoms with van der Waals surface area (Å²) in [5.74, 6) is -7.34. The molecule has 1 unspecified atom stereocenters. The molecular weight excluding hydrogens is 408 g/mol. The molecular formula is C20H18F4N2O2S. The minimum Gasteiger partial charge on any atom is -0.326 e. The second-order valence-electron chi connectivity index (χ2n) is 6.64. The molecule has 1 saturated carbocycles. The van der Waals surface area contributed by atoms with Crippen molar-refractivity contribution in [1.29, 1.82) is 0 Å². The second-order valence-corrected chi connectivity index (χ2v) is 7.91. The van der Waals surface area contributed by atoms with Crippen LogP contribution in [-0.2, 0) is 9.59 Å². The Morgan fingerprint density at radius 3 is 2.31 bits per heavy atom. The van der Waals surface area contributed by atoms with Crippen LogP contribution in [0.5, 0.6) is 0 Å². The Morgan fingerprint density at radius 2 is 1.72 bits per heavy atom. The molecule has 3 rings (SSSR count). The van der Waals surface area contributed by atoms with E-state index in [-0.39, 0.29) is 24.3 Å². The van der Waals surface area contributed by atoms with Gasteiger partial charge in [-0.05, 0) is 37.5 Å². The third-order valence-corrected chi connectivity index (χ3v) is 5.71. The maximum Gasteiger partial charge on any atom is 0.238 e. The van der Waals surface area contributed by atoms with Crippen LogP contribution in [-0.4, -0.2) is 17.1 Å². The molecule has 0 spiro atoms. The summed E-state index contributed by atoms with van der Waals surface area (Å²) in [6.07, 6.45) is 2.02. The van der Waals surface area contributed by atoms with Gasteiger partial charge in [0.05, 0.1) is 5.25 Å². The van der Waals surface area contributed by atoms with E-state index >= 15 is 0 Å². The van der Waals surface area contributed by atoms with E-state index < -0.39 is 40.1 Å². The smallest absolute Gasteiger partial charge is 0.238 e. The first-order valence-corrected chi connectivity index (χ1v) is 9.89. The second kappa shape index (κ2) is 8.86. The van der Waals surface area contributed by atoms with Crippen LogP contribution < -0.4 is 10.6 Å². The first kappa shape index (κ1) is 21.2. The summed E-state index contributed by atoms with van der Waals surface area (Å²) in [5, 5.41) is 3.96. The van der Waals surface area contributed by atoms with E-state index in [1.807, 2.05) is 5.32 Å². The average molecular weight is 426 g/mol. The van der Waals surface area contributed by atoms with Crippen LogP contribution in [0.2, 0.25) is 0 Å². The van der Waals surface area contributed by atoms with Gasteiger partial charge in [0.25, 0.3) is 0 Å². The standard InChI is InChI=1S/C20H18F4N2O2S/c1-2-15(20(28)26-18-16(23)13(21)9-14(22)17(18)24)29-12-5-3-4-11(8-12)25-19(27)10-6-7-10/h3-5,8-10,15H,2,6-7H2,1H3,(H,25,27)(H,26,28). The molecule has 0 radical (unpaired) electrons. The molecule has 1 fully saturated rings. The van der Waals surface area contributed by atoms with Crippen LogP contribution in [0.4, 0.5) is 28.9 Å². The van der Waals surface area contributed by atoms with Crippen LogP contribution in [0.1, 0.15) is 26.2 Å². The van der Waals surface area contributed by atoms with Gasteiger partial charge >= 0.3 is 0 Å². The van der Waals surface area contributed by atoms with Crippen molar-refractivity contribution < 1.29 is 27.2 Å². The van der Waals surface area contributed by atoms with Gasteiger partial charge in [-0.15, -0.1) is 11.8 Å². The molecule has 0 saturated heterocycles. The highest BCUT2D eigenvalue weighted by Gasteiger charge is 2.29. The fourth-order valence-electron chi connectivity index (χ4n) is 2.61. The predicted octanol–water partition coefficient (Wildman–Crippen LogP) is 5.10. The highest BCUT2D eigenvalue weighted by Crippen LogP contribution is 2.32. The van der Waals surface area contributed by atoms with Gasteiger partial charge in [-0.25, -0.2) is 17.6 Å². The molecule has 154 valence electrons. The van der Waals surface area contributed by atoms with Crippen LogP contribution >= 0.6 is 11.8 Å². The zero-order chi connectivity index (χ0) is 21.1. The number of halogens is 4. The zero-order valence-corrected chi connectivity index (χ0v) is 16.2. The Morgan fingerprint density at radius 1 is 1.07 bits per heavy atom. The summed E-state index contributed by atoms with van der Waals surface area (Å²) in [6.45, 7) is 1.69. The molecule has 0 heterocycles. The Bertz CT molecular complexity index is 924. The van der Waals surface area contributed by atoms with Crippen molar-refractivity contribution in [2.45, 2.75) is 36.3 Å². The molecule has 1 aliphatic rings. The van der Waals surface area contributed by atoms with Gasteiger partial charge in [0.15, 0.2) is 23.3 Å². The first-order valence-electron chi connectivity index (χ1n) is 9.01. The largest absolute Gasteiger partial charge is 0.326 e. The maximum absolute atomic E-state index is 13.8. The van der Waals surface area contributed by atoms with Crippen molar-refractivity contribution in [3.8, 4) is 0 Å². The van der Waals surface area contributed by atoms with Crippen molar-refractivity contribution in [3.05, 3.63) is 53.6 Å². The molecule has 9 heteroatoms. The SMILES string of the molecule is CCC(Sc1cccc(NC(=O)C2CC2)c1)C(=O)Nc1c(F)c(F)cc(F)c1F. The Hall–Kier alpha value is -2.55. The zero-order valence-electron chi connectivity index (χ0n) is 15.4. The summed E-state index contributed by atoms with van der Waals surface area (Å²) in [5.41, 5.74) is -0.580. The summed E-state index contributed by atoms with van der Waals surface area (Å²) in [6, 6.07) is 6.90. The molecule has 4 nitrogen and oxygen atoms in total. The van der Waals surface area contributed by atoms with Gasteiger partial charge in [0.2, 0.25) is 11.8 Å². The van der Waals surface area contributed by atoms with Crippen LogP contribution in [0.3, 0.4) is 0 Å². The van der Waals surface area contributed by atoms with Crippen molar-refractivity contribution in [3.63, 3.8) is 0 Å². The summed E-state index contributed by atoms with van der Waals surface area (Å²) in [7, 11) is 0. The number of anilines is 2. The predicted molar refractivity (Wildman–Crippen MR) is 103 cm³/mol. The van der Waals surface area contributed by atoms with E-state index in [0.717, 1.165) is 24.6 Å². The van der Waals surface area contributed by atoms with E-state index in [1.54, 1.807) is 31.2 Å². The Labute approximate surface area is 169 Å². The van der Waals surface area contributed by atoms with Gasteiger partial charge < -0.3 is 10.6 Å². The lowest BCUT2D eigenvalue weighted by molar-refractivity contribution is -0.117. The van der Waals surface area contributed by atoms with Gasteiger partial charge in [-0.3, -0.25) is 9.59 Å². The van der Waals surface area contributed by atoms with Crippen LogP contribution in [0.25, 0.3) is 0 Å². The summed E-state index contributed by atoms with van der Waals surface area (Å²) in [4.78, 5) is 25.0. The number of nitrogens with one attached hydrogen (secondary N) is 2. The molecule has 0 aromatic heterocycles. The lowest BCUT2D eigenvalue weighted by Crippen LogP contribution is -2.26. The topological polar surface area (TPSA) is 58.2 Å². The monoisotopic (exact) mass is 426 g/mol. The third kappa shape index (κ3) is 5.09. The highest BCUT2D eigenvalue weighted by atomic mass is 32.2. The van der Waals surface area contributed by atoms with Gasteiger partial charge in [-0.2, -0.15) is 0 Å². The van der Waals surface area contributed by atoms with Gasteiger partial charge in [0.1, 0.15) is 5.69 Å². The number of rotatable bonds is 7. The van der Waals surface area contributed by atoms with Crippen molar-refractivity contribution in [1.82, 2.24) is 0 Å². The van der Waals surface area contributed by atoms with Gasteiger partial charge in [0, 0.05) is 22.6 Å². The highest BCUT2D eigenvalue weighted by molar-refractivity contribution is 8.00. The summed E-state index contributed by atoms with van der Waals surface area (Å²) < 4.78 is 54.3. The normalized spacial score (nSPS) is 14.4. The van der Waals surface area contributed by atoms with Crippen molar-refractivity contribution >= 4 is 35.0 Å². The minimum absolute atomic E-state index is 0.0388. The number of carbonyl (C=O) groups is 2. The van der Waals surface area contributed by atoms with E-state index in [9.17, 15) is 27.2 Å². The molecule has 2 aromatic carbocycles. The van der Waals surface area contributed by atoms with E-state index in [0.29, 0.717) is 10.6 Å². The molecule has 0 bridgehead atoms. The number of thioether (sulfide) groups is 1. The van der Waals surface area contributed by atoms with Crippen molar-refractivity contribution in [2.24, 2.45) is 5.92 Å². The molecule has 0 aliphatic heterocycles. The average Bonchev–Trinajstić information content (AvgIpc) is 3.53.